The fourth-order valence-corrected chi connectivity index (χ4v) is 3.28. The lowest BCUT2D eigenvalue weighted by Crippen LogP contribution is -2.27. The van der Waals surface area contributed by atoms with Gasteiger partial charge in [0.15, 0.2) is 0 Å². The van der Waals surface area contributed by atoms with E-state index in [0.717, 1.165) is 36.1 Å². The van der Waals surface area contributed by atoms with Crippen LogP contribution < -0.4 is 10.1 Å². The van der Waals surface area contributed by atoms with E-state index in [-0.39, 0.29) is 22.3 Å². The second-order valence-electron chi connectivity index (χ2n) is 4.57. The van der Waals surface area contributed by atoms with Crippen molar-refractivity contribution in [1.29, 1.82) is 0 Å². The van der Waals surface area contributed by atoms with Crippen LogP contribution in [-0.4, -0.2) is 23.0 Å². The van der Waals surface area contributed by atoms with Crippen molar-refractivity contribution in [2.45, 2.75) is 24.5 Å². The van der Waals surface area contributed by atoms with Gasteiger partial charge < -0.3 is 4.74 Å². The van der Waals surface area contributed by atoms with E-state index in [2.05, 4.69) is 11.4 Å². The van der Waals surface area contributed by atoms with Crippen molar-refractivity contribution in [2.24, 2.45) is 0 Å². The zero-order chi connectivity index (χ0) is 12.7. The summed E-state index contributed by atoms with van der Waals surface area (Å²) in [6, 6.07) is 6.02. The number of benzene rings is 1. The van der Waals surface area contributed by atoms with Crippen LogP contribution in [0.2, 0.25) is 0 Å². The molecule has 3 rings (SSSR count). The number of nitrogens with one attached hydrogen (secondary N) is 1. The highest BCUT2D eigenvalue weighted by molar-refractivity contribution is 8.15. The first-order valence-corrected chi connectivity index (χ1v) is 6.80. The first-order chi connectivity index (χ1) is 8.65. The van der Waals surface area contributed by atoms with Gasteiger partial charge in [-0.1, -0.05) is 30.8 Å². The number of imide groups is 1. The Hall–Kier alpha value is -1.49. The molecule has 0 aromatic heterocycles. The molecule has 0 spiro atoms. The Bertz CT molecular complexity index is 529. The van der Waals surface area contributed by atoms with Crippen molar-refractivity contribution in [3.63, 3.8) is 0 Å². The fraction of sp³-hybridized carbons (Fsp3) is 0.385. The van der Waals surface area contributed by atoms with Gasteiger partial charge >= 0.3 is 0 Å². The molecular weight excluding hydrogens is 250 g/mol. The summed E-state index contributed by atoms with van der Waals surface area (Å²) in [6.45, 7) is 2.71. The second-order valence-corrected chi connectivity index (χ2v) is 5.68. The minimum Gasteiger partial charge on any atom is -0.493 e. The standard InChI is InChI=1S/C13H13NO3S/c1-7(11-12(15)14-13(16)18-11)8-2-3-10-9(6-8)4-5-17-10/h2-3,6-7,11H,4-5H2,1H3,(H,14,15,16). The van der Waals surface area contributed by atoms with E-state index >= 15 is 0 Å². The molecule has 2 aliphatic rings. The van der Waals surface area contributed by atoms with Gasteiger partial charge in [0.2, 0.25) is 5.91 Å². The van der Waals surface area contributed by atoms with Gasteiger partial charge in [0, 0.05) is 12.3 Å². The van der Waals surface area contributed by atoms with Crippen LogP contribution in [0.3, 0.4) is 0 Å². The molecule has 2 heterocycles. The number of carbonyl (C=O) groups is 2. The van der Waals surface area contributed by atoms with Crippen LogP contribution in [0, 0.1) is 0 Å². The molecule has 1 aromatic rings. The molecule has 4 nitrogen and oxygen atoms in total. The van der Waals surface area contributed by atoms with Gasteiger partial charge in [0.25, 0.3) is 5.24 Å². The minimum absolute atomic E-state index is 0.0207. The Kier molecular flexibility index (Phi) is 2.78. The molecule has 0 saturated carbocycles. The van der Waals surface area contributed by atoms with Crippen LogP contribution in [0.5, 0.6) is 5.75 Å². The molecule has 0 aliphatic carbocycles. The molecule has 2 atom stereocenters. The third-order valence-electron chi connectivity index (χ3n) is 3.41. The van der Waals surface area contributed by atoms with E-state index < -0.39 is 0 Å². The van der Waals surface area contributed by atoms with Gasteiger partial charge in [-0.3, -0.25) is 14.9 Å². The molecule has 1 fully saturated rings. The Morgan fingerprint density at radius 2 is 2.28 bits per heavy atom. The zero-order valence-corrected chi connectivity index (χ0v) is 10.8. The molecule has 2 aliphatic heterocycles. The predicted octanol–water partition coefficient (Wildman–Crippen LogP) is 2.08. The molecule has 1 aromatic carbocycles. The van der Waals surface area contributed by atoms with E-state index in [0.29, 0.717) is 0 Å². The summed E-state index contributed by atoms with van der Waals surface area (Å²) >= 11 is 1.08. The van der Waals surface area contributed by atoms with Crippen LogP contribution in [0.4, 0.5) is 4.79 Å². The quantitative estimate of drug-likeness (QED) is 0.887. The number of amides is 2. The van der Waals surface area contributed by atoms with E-state index in [1.807, 2.05) is 19.1 Å². The highest BCUT2D eigenvalue weighted by atomic mass is 32.2. The molecule has 94 valence electrons. The maximum absolute atomic E-state index is 11.7. The first kappa shape index (κ1) is 11.6. The van der Waals surface area contributed by atoms with E-state index in [4.69, 9.17) is 4.74 Å². The SMILES string of the molecule is CC(c1ccc2c(c1)CCO2)C1SC(=O)NC1=O. The van der Waals surface area contributed by atoms with Crippen LogP contribution in [0.25, 0.3) is 0 Å². The largest absolute Gasteiger partial charge is 0.493 e. The normalized spacial score (nSPS) is 23.5. The van der Waals surface area contributed by atoms with Crippen LogP contribution in [0.15, 0.2) is 18.2 Å². The van der Waals surface area contributed by atoms with Crippen molar-refractivity contribution < 1.29 is 14.3 Å². The smallest absolute Gasteiger partial charge is 0.286 e. The number of hydrogen-bond donors (Lipinski definition) is 1. The third-order valence-corrected chi connectivity index (χ3v) is 4.60. The summed E-state index contributed by atoms with van der Waals surface area (Å²) in [4.78, 5) is 22.9. The number of rotatable bonds is 2. The molecular formula is C13H13NO3S. The summed E-state index contributed by atoms with van der Waals surface area (Å²) in [5.74, 6) is 0.771. The first-order valence-electron chi connectivity index (χ1n) is 5.92. The minimum atomic E-state index is -0.321. The van der Waals surface area contributed by atoms with Gasteiger partial charge in [-0.05, 0) is 17.2 Å². The molecule has 18 heavy (non-hydrogen) atoms. The molecule has 2 unspecified atom stereocenters. The van der Waals surface area contributed by atoms with Gasteiger partial charge in [-0.25, -0.2) is 0 Å². The summed E-state index contributed by atoms with van der Waals surface area (Å²) in [7, 11) is 0. The highest BCUT2D eigenvalue weighted by Gasteiger charge is 2.36. The average molecular weight is 263 g/mol. The molecule has 2 amide bonds. The summed E-state index contributed by atoms with van der Waals surface area (Å²) in [5, 5.41) is 1.76. The number of ether oxygens (including phenoxy) is 1. The van der Waals surface area contributed by atoms with Crippen molar-refractivity contribution in [2.75, 3.05) is 6.61 Å². The fourth-order valence-electron chi connectivity index (χ4n) is 2.36. The molecule has 1 N–H and O–H groups in total. The average Bonchev–Trinajstić information content (AvgIpc) is 2.93. The Labute approximate surface area is 109 Å². The van der Waals surface area contributed by atoms with Crippen molar-refractivity contribution >= 4 is 22.9 Å². The van der Waals surface area contributed by atoms with Crippen LogP contribution in [0.1, 0.15) is 24.0 Å². The topological polar surface area (TPSA) is 55.4 Å². The number of carbonyl (C=O) groups excluding carboxylic acids is 2. The third kappa shape index (κ3) is 1.88. The maximum atomic E-state index is 11.7. The van der Waals surface area contributed by atoms with Crippen molar-refractivity contribution in [3.8, 4) is 5.75 Å². The predicted molar refractivity (Wildman–Crippen MR) is 69.0 cm³/mol. The number of fused-ring (bicyclic) bond motifs is 1. The monoisotopic (exact) mass is 263 g/mol. The Morgan fingerprint density at radius 1 is 1.44 bits per heavy atom. The van der Waals surface area contributed by atoms with E-state index in [9.17, 15) is 9.59 Å². The Morgan fingerprint density at radius 3 is 3.00 bits per heavy atom. The van der Waals surface area contributed by atoms with Gasteiger partial charge in [0.05, 0.1) is 11.9 Å². The lowest BCUT2D eigenvalue weighted by atomic mass is 9.94. The van der Waals surface area contributed by atoms with E-state index in [1.54, 1.807) is 0 Å². The molecule has 5 heteroatoms. The van der Waals surface area contributed by atoms with Gasteiger partial charge in [0.1, 0.15) is 5.75 Å². The molecule has 1 saturated heterocycles. The summed E-state index contributed by atoms with van der Waals surface area (Å²) in [5.41, 5.74) is 2.27. The van der Waals surface area contributed by atoms with E-state index in [1.165, 1.54) is 5.56 Å². The summed E-state index contributed by atoms with van der Waals surface area (Å²) in [6.07, 6.45) is 0.916. The Balaban J connectivity index is 1.86. The van der Waals surface area contributed by atoms with Crippen LogP contribution in [-0.2, 0) is 11.2 Å². The van der Waals surface area contributed by atoms with Gasteiger partial charge in [-0.15, -0.1) is 0 Å². The molecule has 0 radical (unpaired) electrons. The highest BCUT2D eigenvalue weighted by Crippen LogP contribution is 2.35. The van der Waals surface area contributed by atoms with Crippen molar-refractivity contribution in [1.82, 2.24) is 5.32 Å². The van der Waals surface area contributed by atoms with Crippen LogP contribution >= 0.6 is 11.8 Å². The number of thioether (sulfide) groups is 1. The number of hydrogen-bond acceptors (Lipinski definition) is 4. The lowest BCUT2D eigenvalue weighted by Gasteiger charge is -2.16. The van der Waals surface area contributed by atoms with Gasteiger partial charge in [-0.2, -0.15) is 0 Å². The lowest BCUT2D eigenvalue weighted by molar-refractivity contribution is -0.119. The van der Waals surface area contributed by atoms with Crippen molar-refractivity contribution in [3.05, 3.63) is 29.3 Å². The zero-order valence-electron chi connectivity index (χ0n) is 9.93. The summed E-state index contributed by atoms with van der Waals surface area (Å²) < 4.78 is 5.46. The maximum Gasteiger partial charge on any atom is 0.286 e. The molecule has 0 bridgehead atoms. The second kappa shape index (κ2) is 4.31.